The van der Waals surface area contributed by atoms with Crippen molar-refractivity contribution in [1.82, 2.24) is 20.1 Å². The van der Waals surface area contributed by atoms with E-state index < -0.39 is 0 Å². The van der Waals surface area contributed by atoms with Crippen LogP contribution in [0.25, 0.3) is 0 Å². The van der Waals surface area contributed by atoms with Gasteiger partial charge in [0.05, 0.1) is 18.4 Å². The van der Waals surface area contributed by atoms with Crippen molar-refractivity contribution in [2.45, 2.75) is 38.3 Å². The summed E-state index contributed by atoms with van der Waals surface area (Å²) >= 11 is 0. The lowest BCUT2D eigenvalue weighted by Crippen LogP contribution is -2.54. The molecule has 2 aromatic rings. The van der Waals surface area contributed by atoms with E-state index in [0.717, 1.165) is 50.0 Å². The molecule has 7 nitrogen and oxygen atoms in total. The molecule has 30 heavy (non-hydrogen) atoms. The van der Waals surface area contributed by atoms with Crippen molar-refractivity contribution in [3.63, 3.8) is 0 Å². The summed E-state index contributed by atoms with van der Waals surface area (Å²) in [6.07, 6.45) is 7.28. The number of rotatable bonds is 3. The quantitative estimate of drug-likeness (QED) is 0.786. The minimum atomic E-state index is 0.464. The van der Waals surface area contributed by atoms with Crippen molar-refractivity contribution in [3.05, 3.63) is 36.3 Å². The SMILES string of the molecule is C[C@H]1CCN(CC#Cc2cc(N3C4CCC3CN(c3ccnnc3N)C4)ccn2)C1. The van der Waals surface area contributed by atoms with Crippen LogP contribution in [0.2, 0.25) is 0 Å². The zero-order valence-electron chi connectivity index (χ0n) is 17.5. The van der Waals surface area contributed by atoms with Gasteiger partial charge in [0.15, 0.2) is 5.82 Å². The Morgan fingerprint density at radius 1 is 1.10 bits per heavy atom. The van der Waals surface area contributed by atoms with Crippen LogP contribution in [0.1, 0.15) is 31.9 Å². The summed E-state index contributed by atoms with van der Waals surface area (Å²) in [4.78, 5) is 11.9. The van der Waals surface area contributed by atoms with Crippen molar-refractivity contribution in [2.75, 3.05) is 48.3 Å². The molecule has 0 saturated carbocycles. The zero-order valence-corrected chi connectivity index (χ0v) is 17.5. The van der Waals surface area contributed by atoms with Gasteiger partial charge in [-0.2, -0.15) is 5.10 Å². The molecular formula is C23H29N7. The number of hydrogen-bond donors (Lipinski definition) is 1. The first-order valence-corrected chi connectivity index (χ1v) is 10.9. The van der Waals surface area contributed by atoms with Gasteiger partial charge in [-0.15, -0.1) is 5.10 Å². The van der Waals surface area contributed by atoms with E-state index in [0.29, 0.717) is 17.9 Å². The van der Waals surface area contributed by atoms with E-state index in [1.54, 1.807) is 6.20 Å². The van der Waals surface area contributed by atoms with E-state index in [-0.39, 0.29) is 0 Å². The number of pyridine rings is 1. The Morgan fingerprint density at radius 3 is 2.67 bits per heavy atom. The number of piperazine rings is 1. The van der Waals surface area contributed by atoms with Gasteiger partial charge < -0.3 is 15.5 Å². The number of anilines is 3. The fraction of sp³-hybridized carbons (Fsp3) is 0.522. The van der Waals surface area contributed by atoms with Gasteiger partial charge in [-0.25, -0.2) is 4.98 Å². The highest BCUT2D eigenvalue weighted by Crippen LogP contribution is 2.37. The molecule has 0 aromatic carbocycles. The minimum Gasteiger partial charge on any atom is -0.380 e. The standard InChI is InChI=1S/C23H29N7/c1-17-8-12-28(14-17)11-2-3-18-13-19(6-9-25-18)30-20-4-5-21(30)16-29(15-20)22-7-10-26-27-23(22)24/h6-7,9-10,13,17,20-21H,4-5,8,11-12,14-16H2,1H3,(H2,24,27)/t17-,20?,21?/m0/s1. The average molecular weight is 404 g/mol. The summed E-state index contributed by atoms with van der Waals surface area (Å²) < 4.78 is 0. The third kappa shape index (κ3) is 3.80. The maximum absolute atomic E-state index is 6.07. The summed E-state index contributed by atoms with van der Waals surface area (Å²) in [6, 6.07) is 7.18. The topological polar surface area (TPSA) is 74.4 Å². The van der Waals surface area contributed by atoms with Crippen molar-refractivity contribution < 1.29 is 0 Å². The van der Waals surface area contributed by atoms with Crippen LogP contribution in [0.4, 0.5) is 17.2 Å². The first-order chi connectivity index (χ1) is 14.7. The predicted octanol–water partition coefficient (Wildman–Crippen LogP) is 2.00. The van der Waals surface area contributed by atoms with Gasteiger partial charge in [-0.1, -0.05) is 12.8 Å². The summed E-state index contributed by atoms with van der Waals surface area (Å²) in [7, 11) is 0. The molecule has 3 saturated heterocycles. The Hall–Kier alpha value is -2.85. The average Bonchev–Trinajstić information content (AvgIpc) is 3.28. The number of nitrogen functional groups attached to an aromatic ring is 1. The van der Waals surface area contributed by atoms with Crippen LogP contribution in [-0.2, 0) is 0 Å². The lowest BCUT2D eigenvalue weighted by molar-refractivity contribution is 0.369. The molecule has 5 rings (SSSR count). The first-order valence-electron chi connectivity index (χ1n) is 10.9. The third-order valence-electron chi connectivity index (χ3n) is 6.62. The summed E-state index contributed by atoms with van der Waals surface area (Å²) in [5.41, 5.74) is 9.17. The van der Waals surface area contributed by atoms with Gasteiger partial charge in [-0.05, 0) is 55.8 Å². The van der Waals surface area contributed by atoms with Crippen molar-refractivity contribution in [1.29, 1.82) is 0 Å². The monoisotopic (exact) mass is 403 g/mol. The molecule has 2 unspecified atom stereocenters. The highest BCUT2D eigenvalue weighted by atomic mass is 15.3. The Morgan fingerprint density at radius 2 is 1.93 bits per heavy atom. The Balaban J connectivity index is 1.29. The third-order valence-corrected chi connectivity index (χ3v) is 6.62. The van der Waals surface area contributed by atoms with Gasteiger partial charge in [-0.3, -0.25) is 4.90 Å². The van der Waals surface area contributed by atoms with Crippen LogP contribution in [0, 0.1) is 17.8 Å². The second-order valence-corrected chi connectivity index (χ2v) is 8.83. The number of fused-ring (bicyclic) bond motifs is 2. The molecule has 2 aromatic heterocycles. The van der Waals surface area contributed by atoms with E-state index in [1.807, 2.05) is 12.3 Å². The van der Waals surface area contributed by atoms with E-state index in [2.05, 4.69) is 60.8 Å². The minimum absolute atomic E-state index is 0.464. The number of aromatic nitrogens is 3. The molecule has 5 heterocycles. The molecule has 2 N–H and O–H groups in total. The summed E-state index contributed by atoms with van der Waals surface area (Å²) in [5, 5.41) is 7.90. The van der Waals surface area contributed by atoms with Crippen LogP contribution < -0.4 is 15.5 Å². The second-order valence-electron chi connectivity index (χ2n) is 8.83. The van der Waals surface area contributed by atoms with Crippen molar-refractivity contribution in [3.8, 4) is 11.8 Å². The summed E-state index contributed by atoms with van der Waals surface area (Å²) in [5.74, 6) is 7.92. The molecule has 3 atom stereocenters. The zero-order chi connectivity index (χ0) is 20.5. The highest BCUT2D eigenvalue weighted by Gasteiger charge is 2.40. The van der Waals surface area contributed by atoms with Crippen LogP contribution in [0.3, 0.4) is 0 Å². The molecule has 0 spiro atoms. The molecule has 3 fully saturated rings. The smallest absolute Gasteiger partial charge is 0.169 e. The lowest BCUT2D eigenvalue weighted by atomic mass is 10.1. The second kappa shape index (κ2) is 8.11. The number of hydrogen-bond acceptors (Lipinski definition) is 7. The van der Waals surface area contributed by atoms with E-state index in [4.69, 9.17) is 5.73 Å². The van der Waals surface area contributed by atoms with Crippen molar-refractivity contribution >= 4 is 17.2 Å². The van der Waals surface area contributed by atoms with E-state index in [9.17, 15) is 0 Å². The van der Waals surface area contributed by atoms with Gasteiger partial charge in [0.1, 0.15) is 5.69 Å². The molecule has 0 aliphatic carbocycles. The van der Waals surface area contributed by atoms with E-state index in [1.165, 1.54) is 24.9 Å². The lowest BCUT2D eigenvalue weighted by Gasteiger charge is -2.43. The van der Waals surface area contributed by atoms with Crippen LogP contribution >= 0.6 is 0 Å². The largest absolute Gasteiger partial charge is 0.380 e. The molecule has 0 radical (unpaired) electrons. The maximum atomic E-state index is 6.07. The van der Waals surface area contributed by atoms with Gasteiger partial charge in [0, 0.05) is 43.6 Å². The maximum Gasteiger partial charge on any atom is 0.169 e. The van der Waals surface area contributed by atoms with Crippen LogP contribution in [0.5, 0.6) is 0 Å². The molecule has 7 heteroatoms. The van der Waals surface area contributed by atoms with Crippen LogP contribution in [0.15, 0.2) is 30.6 Å². The van der Waals surface area contributed by atoms with Crippen LogP contribution in [-0.4, -0.2) is 64.9 Å². The number of nitrogens with two attached hydrogens (primary N) is 1. The number of likely N-dealkylation sites (tertiary alicyclic amines) is 1. The molecule has 3 aliphatic heterocycles. The predicted molar refractivity (Wildman–Crippen MR) is 119 cm³/mol. The molecular weight excluding hydrogens is 374 g/mol. The van der Waals surface area contributed by atoms with E-state index >= 15 is 0 Å². The van der Waals surface area contributed by atoms with Crippen molar-refractivity contribution in [2.24, 2.45) is 5.92 Å². The van der Waals surface area contributed by atoms with Gasteiger partial charge in [0.25, 0.3) is 0 Å². The molecule has 2 bridgehead atoms. The molecule has 3 aliphatic rings. The molecule has 0 amide bonds. The first kappa shape index (κ1) is 19.1. The Labute approximate surface area is 178 Å². The normalized spacial score (nSPS) is 26.0. The Kier molecular flexibility index (Phi) is 5.17. The molecule has 156 valence electrons. The summed E-state index contributed by atoms with van der Waals surface area (Å²) in [6.45, 7) is 7.36. The highest BCUT2D eigenvalue weighted by molar-refractivity contribution is 5.64. The Bertz CT molecular complexity index is 951. The fourth-order valence-electron chi connectivity index (χ4n) is 5.18. The van der Waals surface area contributed by atoms with Gasteiger partial charge >= 0.3 is 0 Å². The van der Waals surface area contributed by atoms with Gasteiger partial charge in [0.2, 0.25) is 0 Å². The fourth-order valence-corrected chi connectivity index (χ4v) is 5.18. The number of nitrogens with zero attached hydrogens (tertiary/aromatic N) is 6.